The number of ether oxygens (including phenoxy) is 2. The summed E-state index contributed by atoms with van der Waals surface area (Å²) in [6, 6.07) is 12.6. The van der Waals surface area contributed by atoms with Gasteiger partial charge in [-0.05, 0) is 48.9 Å². The summed E-state index contributed by atoms with van der Waals surface area (Å²) in [5.74, 6) is -0.177. The van der Waals surface area contributed by atoms with Crippen LogP contribution in [0, 0.1) is 12.7 Å². The lowest BCUT2D eigenvalue weighted by Gasteiger charge is -2.07. The minimum atomic E-state index is -0.467. The van der Waals surface area contributed by atoms with Gasteiger partial charge in [0.2, 0.25) is 0 Å². The Morgan fingerprint density at radius 1 is 1.16 bits per heavy atom. The third-order valence-corrected chi connectivity index (χ3v) is 4.22. The Morgan fingerprint density at radius 3 is 2.64 bits per heavy atom. The third kappa shape index (κ3) is 4.87. The zero-order chi connectivity index (χ0) is 17.6. The fourth-order valence-electron chi connectivity index (χ4n) is 2.18. The molecule has 25 heavy (non-hydrogen) atoms. The summed E-state index contributed by atoms with van der Waals surface area (Å²) in [5.41, 5.74) is 1.89. The fourth-order valence-corrected chi connectivity index (χ4v) is 2.78. The van der Waals surface area contributed by atoms with Crippen LogP contribution in [0.5, 0.6) is 5.75 Å². The summed E-state index contributed by atoms with van der Waals surface area (Å²) in [5, 5.41) is 2.95. The van der Waals surface area contributed by atoms with Gasteiger partial charge in [-0.15, -0.1) is 11.3 Å². The Hall–Kier alpha value is -2.73. The number of aromatic nitrogens is 1. The van der Waals surface area contributed by atoms with Gasteiger partial charge in [-0.2, -0.15) is 0 Å². The highest BCUT2D eigenvalue weighted by Gasteiger charge is 2.08. The van der Waals surface area contributed by atoms with Gasteiger partial charge in [0.15, 0.2) is 0 Å². The maximum atomic E-state index is 13.1. The first-order valence-electron chi connectivity index (χ1n) is 7.65. The average molecular weight is 357 g/mol. The van der Waals surface area contributed by atoms with Crippen LogP contribution in [0.15, 0.2) is 53.9 Å². The van der Waals surface area contributed by atoms with Gasteiger partial charge in [-0.3, -0.25) is 0 Å². The van der Waals surface area contributed by atoms with Crippen molar-refractivity contribution in [3.05, 3.63) is 81.6 Å². The van der Waals surface area contributed by atoms with E-state index in [9.17, 15) is 9.18 Å². The number of halogens is 1. The number of esters is 1. The van der Waals surface area contributed by atoms with Gasteiger partial charge in [0, 0.05) is 5.38 Å². The summed E-state index contributed by atoms with van der Waals surface area (Å²) in [6.45, 7) is 2.35. The largest absolute Gasteiger partial charge is 0.487 e. The van der Waals surface area contributed by atoms with E-state index in [4.69, 9.17) is 9.47 Å². The zero-order valence-electron chi connectivity index (χ0n) is 13.6. The van der Waals surface area contributed by atoms with Crippen molar-refractivity contribution in [2.45, 2.75) is 20.1 Å². The molecule has 3 aromatic rings. The van der Waals surface area contributed by atoms with Crippen molar-refractivity contribution in [1.29, 1.82) is 0 Å². The van der Waals surface area contributed by atoms with Crippen molar-refractivity contribution in [2.24, 2.45) is 0 Å². The minimum Gasteiger partial charge on any atom is -0.487 e. The van der Waals surface area contributed by atoms with Crippen LogP contribution in [-0.4, -0.2) is 11.0 Å². The third-order valence-electron chi connectivity index (χ3n) is 3.40. The molecule has 2 aromatic carbocycles. The molecule has 3 rings (SSSR count). The number of aryl methyl sites for hydroxylation is 1. The van der Waals surface area contributed by atoms with Gasteiger partial charge in [-0.25, -0.2) is 14.2 Å². The quantitative estimate of drug-likeness (QED) is 0.608. The number of nitrogens with zero attached hydrogens (tertiary/aromatic N) is 1. The molecule has 1 aromatic heterocycles. The number of hydrogen-bond acceptors (Lipinski definition) is 5. The van der Waals surface area contributed by atoms with Crippen molar-refractivity contribution in [1.82, 2.24) is 4.98 Å². The standard InChI is InChI=1S/C19H16FNO3S/c1-13-21-17(12-25-13)11-23-18-7-5-15(6-8-18)19(22)24-10-14-3-2-4-16(20)9-14/h2-9,12H,10-11H2,1H3. The summed E-state index contributed by atoms with van der Waals surface area (Å²) in [6.07, 6.45) is 0. The summed E-state index contributed by atoms with van der Waals surface area (Å²) in [4.78, 5) is 16.4. The molecule has 0 saturated heterocycles. The predicted molar refractivity (Wildman–Crippen MR) is 93.1 cm³/mol. The normalized spacial score (nSPS) is 10.5. The first-order chi connectivity index (χ1) is 12.1. The molecule has 6 heteroatoms. The number of hydrogen-bond donors (Lipinski definition) is 0. The van der Waals surface area contributed by atoms with E-state index in [0.29, 0.717) is 23.5 Å². The Bertz CT molecular complexity index is 861. The van der Waals surface area contributed by atoms with Crippen LogP contribution in [0.2, 0.25) is 0 Å². The van der Waals surface area contributed by atoms with E-state index >= 15 is 0 Å². The number of carbonyl (C=O) groups excluding carboxylic acids is 1. The molecular formula is C19H16FNO3S. The van der Waals surface area contributed by atoms with Crippen molar-refractivity contribution < 1.29 is 18.7 Å². The van der Waals surface area contributed by atoms with Crippen LogP contribution in [0.1, 0.15) is 26.6 Å². The molecule has 0 aliphatic heterocycles. The molecule has 0 saturated carbocycles. The Labute approximate surface area is 148 Å². The SMILES string of the molecule is Cc1nc(COc2ccc(C(=O)OCc3cccc(F)c3)cc2)cs1. The molecule has 0 N–H and O–H groups in total. The maximum absolute atomic E-state index is 13.1. The van der Waals surface area contributed by atoms with Gasteiger partial charge >= 0.3 is 5.97 Å². The molecule has 0 amide bonds. The second-order valence-electron chi connectivity index (χ2n) is 5.38. The van der Waals surface area contributed by atoms with Gasteiger partial charge in [0.05, 0.1) is 16.3 Å². The summed E-state index contributed by atoms with van der Waals surface area (Å²) < 4.78 is 23.9. The van der Waals surface area contributed by atoms with E-state index in [1.807, 2.05) is 12.3 Å². The number of thiazole rings is 1. The molecule has 0 aliphatic carbocycles. The number of carbonyl (C=O) groups is 1. The maximum Gasteiger partial charge on any atom is 0.338 e. The van der Waals surface area contributed by atoms with Crippen LogP contribution in [-0.2, 0) is 18.0 Å². The number of benzene rings is 2. The lowest BCUT2D eigenvalue weighted by molar-refractivity contribution is 0.0472. The first kappa shape index (κ1) is 17.1. The highest BCUT2D eigenvalue weighted by Crippen LogP contribution is 2.16. The van der Waals surface area contributed by atoms with E-state index in [1.165, 1.54) is 12.1 Å². The molecule has 0 bridgehead atoms. The molecule has 0 aliphatic rings. The van der Waals surface area contributed by atoms with Crippen molar-refractivity contribution >= 4 is 17.3 Å². The average Bonchev–Trinajstić information content (AvgIpc) is 3.04. The Morgan fingerprint density at radius 2 is 1.96 bits per heavy atom. The molecule has 128 valence electrons. The van der Waals surface area contributed by atoms with Crippen molar-refractivity contribution in [3.8, 4) is 5.75 Å². The highest BCUT2D eigenvalue weighted by atomic mass is 32.1. The second-order valence-corrected chi connectivity index (χ2v) is 6.44. The van der Waals surface area contributed by atoms with Crippen LogP contribution >= 0.6 is 11.3 Å². The van der Waals surface area contributed by atoms with Crippen molar-refractivity contribution in [2.75, 3.05) is 0 Å². The van der Waals surface area contributed by atoms with E-state index < -0.39 is 5.97 Å². The lowest BCUT2D eigenvalue weighted by atomic mass is 10.2. The van der Waals surface area contributed by atoms with Gasteiger partial charge in [-0.1, -0.05) is 12.1 Å². The van der Waals surface area contributed by atoms with Gasteiger partial charge in [0.25, 0.3) is 0 Å². The molecule has 1 heterocycles. The predicted octanol–water partition coefficient (Wildman–Crippen LogP) is 4.53. The van der Waals surface area contributed by atoms with Crippen LogP contribution < -0.4 is 4.74 Å². The van der Waals surface area contributed by atoms with Gasteiger partial charge < -0.3 is 9.47 Å². The molecule has 0 fully saturated rings. The first-order valence-corrected chi connectivity index (χ1v) is 8.53. The molecular weight excluding hydrogens is 341 g/mol. The van der Waals surface area contributed by atoms with E-state index in [2.05, 4.69) is 4.98 Å². The smallest absolute Gasteiger partial charge is 0.338 e. The molecule has 4 nitrogen and oxygen atoms in total. The van der Waals surface area contributed by atoms with Crippen molar-refractivity contribution in [3.63, 3.8) is 0 Å². The van der Waals surface area contributed by atoms with E-state index in [-0.39, 0.29) is 12.4 Å². The lowest BCUT2D eigenvalue weighted by Crippen LogP contribution is -2.05. The molecule has 0 radical (unpaired) electrons. The highest BCUT2D eigenvalue weighted by molar-refractivity contribution is 7.09. The topological polar surface area (TPSA) is 48.4 Å². The molecule has 0 unspecified atom stereocenters. The Kier molecular flexibility index (Phi) is 5.40. The number of rotatable bonds is 6. The molecule has 0 atom stereocenters. The zero-order valence-corrected chi connectivity index (χ0v) is 14.4. The second kappa shape index (κ2) is 7.90. The van der Waals surface area contributed by atoms with Gasteiger partial charge in [0.1, 0.15) is 24.8 Å². The summed E-state index contributed by atoms with van der Waals surface area (Å²) >= 11 is 1.57. The van der Waals surface area contributed by atoms with E-state index in [1.54, 1.807) is 47.7 Å². The Balaban J connectivity index is 1.53. The van der Waals surface area contributed by atoms with Crippen LogP contribution in [0.4, 0.5) is 4.39 Å². The minimum absolute atomic E-state index is 0.0258. The van der Waals surface area contributed by atoms with E-state index in [0.717, 1.165) is 10.7 Å². The summed E-state index contributed by atoms with van der Waals surface area (Å²) in [7, 11) is 0. The molecule has 0 spiro atoms. The fraction of sp³-hybridized carbons (Fsp3) is 0.158. The van der Waals surface area contributed by atoms with Crippen LogP contribution in [0.3, 0.4) is 0 Å². The van der Waals surface area contributed by atoms with Crippen LogP contribution in [0.25, 0.3) is 0 Å². The monoisotopic (exact) mass is 357 g/mol.